The van der Waals surface area contributed by atoms with Crippen molar-refractivity contribution in [3.8, 4) is 0 Å². The molecule has 21 heavy (non-hydrogen) atoms. The predicted molar refractivity (Wildman–Crippen MR) is 89.8 cm³/mol. The Balaban J connectivity index is 1.86. The number of likely N-dealkylation sites (tertiary alicyclic amines) is 1. The van der Waals surface area contributed by atoms with Gasteiger partial charge in [-0.05, 0) is 65.0 Å². The van der Waals surface area contributed by atoms with Gasteiger partial charge in [-0.2, -0.15) is 11.8 Å². The Morgan fingerprint density at radius 3 is 2.57 bits per heavy atom. The molecule has 1 aromatic rings. The van der Waals surface area contributed by atoms with E-state index in [1.54, 1.807) is 0 Å². The minimum atomic E-state index is 0.579. The molecule has 0 bridgehead atoms. The number of aromatic nitrogens is 3. The lowest BCUT2D eigenvalue weighted by molar-refractivity contribution is 0.208. The first-order valence-electron chi connectivity index (χ1n) is 7.86. The van der Waals surface area contributed by atoms with Crippen molar-refractivity contribution in [1.29, 1.82) is 0 Å². The summed E-state index contributed by atoms with van der Waals surface area (Å²) in [6.07, 6.45) is 5.93. The zero-order valence-electron chi connectivity index (χ0n) is 13.9. The Bertz CT molecular complexity index is 424. The molecule has 1 aliphatic rings. The lowest BCUT2D eigenvalue weighted by Crippen LogP contribution is -2.34. The summed E-state index contributed by atoms with van der Waals surface area (Å²) < 4.78 is 2.20. The molecule has 1 saturated heterocycles. The third-order valence-corrected chi connectivity index (χ3v) is 4.93. The van der Waals surface area contributed by atoms with Crippen LogP contribution in [0.2, 0.25) is 0 Å². The summed E-state index contributed by atoms with van der Waals surface area (Å²) in [5, 5.41) is 8.82. The van der Waals surface area contributed by atoms with Crippen LogP contribution in [-0.4, -0.2) is 70.3 Å². The largest absolute Gasteiger partial charge is 0.317 e. The molecule has 0 spiro atoms. The molecule has 2 rings (SSSR count). The molecule has 0 unspecified atom stereocenters. The quantitative estimate of drug-likeness (QED) is 0.718. The van der Waals surface area contributed by atoms with Crippen LogP contribution in [0, 0.1) is 0 Å². The van der Waals surface area contributed by atoms with Crippen LogP contribution in [-0.2, 0) is 13.6 Å². The average Bonchev–Trinajstić information content (AvgIpc) is 2.81. The molecule has 1 aromatic heterocycles. The van der Waals surface area contributed by atoms with Gasteiger partial charge >= 0.3 is 0 Å². The Kier molecular flexibility index (Phi) is 6.51. The van der Waals surface area contributed by atoms with E-state index < -0.39 is 0 Å². The normalized spacial score (nSPS) is 17.8. The standard InChI is InChI=1S/C15H29N5S/c1-18(2)12-14-16-17-15(19(14)3)13-6-9-20(10-7-13)8-5-11-21-4/h13H,5-12H2,1-4H3. The minimum absolute atomic E-state index is 0.579. The van der Waals surface area contributed by atoms with Gasteiger partial charge in [0.25, 0.3) is 0 Å². The van der Waals surface area contributed by atoms with E-state index in [1.165, 1.54) is 50.5 Å². The predicted octanol–water partition coefficient (Wildman–Crippen LogP) is 1.81. The molecule has 6 heteroatoms. The lowest BCUT2D eigenvalue weighted by Gasteiger charge is -2.31. The van der Waals surface area contributed by atoms with Gasteiger partial charge in [-0.1, -0.05) is 0 Å². The van der Waals surface area contributed by atoms with E-state index in [9.17, 15) is 0 Å². The minimum Gasteiger partial charge on any atom is -0.317 e. The third-order valence-electron chi connectivity index (χ3n) is 4.23. The van der Waals surface area contributed by atoms with Crippen LogP contribution in [0.4, 0.5) is 0 Å². The van der Waals surface area contributed by atoms with Crippen LogP contribution in [0.3, 0.4) is 0 Å². The first kappa shape index (κ1) is 16.8. The number of nitrogens with zero attached hydrogens (tertiary/aromatic N) is 5. The fourth-order valence-electron chi connectivity index (χ4n) is 3.00. The average molecular weight is 311 g/mol. The van der Waals surface area contributed by atoms with Crippen LogP contribution < -0.4 is 0 Å². The maximum absolute atomic E-state index is 4.46. The zero-order valence-corrected chi connectivity index (χ0v) is 14.7. The number of hydrogen-bond donors (Lipinski definition) is 0. The highest BCUT2D eigenvalue weighted by molar-refractivity contribution is 7.98. The zero-order chi connectivity index (χ0) is 15.2. The van der Waals surface area contributed by atoms with Crippen molar-refractivity contribution < 1.29 is 0 Å². The van der Waals surface area contributed by atoms with Gasteiger partial charge < -0.3 is 14.4 Å². The number of hydrogen-bond acceptors (Lipinski definition) is 5. The van der Waals surface area contributed by atoms with Crippen molar-refractivity contribution in [2.45, 2.75) is 31.7 Å². The summed E-state index contributed by atoms with van der Waals surface area (Å²) in [5.41, 5.74) is 0. The summed E-state index contributed by atoms with van der Waals surface area (Å²) in [7, 11) is 6.25. The molecule has 0 radical (unpaired) electrons. The van der Waals surface area contributed by atoms with E-state index in [-0.39, 0.29) is 0 Å². The van der Waals surface area contributed by atoms with Crippen molar-refractivity contribution in [3.05, 3.63) is 11.6 Å². The van der Waals surface area contributed by atoms with Gasteiger partial charge in [-0.15, -0.1) is 10.2 Å². The van der Waals surface area contributed by atoms with Crippen molar-refractivity contribution in [2.24, 2.45) is 7.05 Å². The van der Waals surface area contributed by atoms with E-state index in [0.717, 1.165) is 12.4 Å². The second-order valence-corrected chi connectivity index (χ2v) is 7.22. The van der Waals surface area contributed by atoms with Gasteiger partial charge in [-0.3, -0.25) is 0 Å². The molecule has 1 fully saturated rings. The van der Waals surface area contributed by atoms with Crippen LogP contribution in [0.25, 0.3) is 0 Å². The van der Waals surface area contributed by atoms with Crippen LogP contribution in [0.15, 0.2) is 0 Å². The summed E-state index contributed by atoms with van der Waals surface area (Å²) in [4.78, 5) is 4.74. The highest BCUT2D eigenvalue weighted by Gasteiger charge is 2.24. The van der Waals surface area contributed by atoms with Crippen LogP contribution >= 0.6 is 11.8 Å². The number of piperidine rings is 1. The maximum Gasteiger partial charge on any atom is 0.146 e. The van der Waals surface area contributed by atoms with Gasteiger partial charge in [0.15, 0.2) is 0 Å². The Morgan fingerprint density at radius 2 is 1.95 bits per heavy atom. The first-order chi connectivity index (χ1) is 10.1. The molecule has 0 saturated carbocycles. The van der Waals surface area contributed by atoms with Crippen molar-refractivity contribution in [2.75, 3.05) is 45.7 Å². The molecule has 0 N–H and O–H groups in total. The lowest BCUT2D eigenvalue weighted by atomic mass is 9.96. The van der Waals surface area contributed by atoms with E-state index in [2.05, 4.69) is 52.0 Å². The fourth-order valence-corrected chi connectivity index (χ4v) is 3.42. The van der Waals surface area contributed by atoms with Gasteiger partial charge in [0.2, 0.25) is 0 Å². The monoisotopic (exact) mass is 311 g/mol. The highest BCUT2D eigenvalue weighted by Crippen LogP contribution is 2.27. The molecule has 0 amide bonds. The first-order valence-corrected chi connectivity index (χ1v) is 9.25. The summed E-state index contributed by atoms with van der Waals surface area (Å²) in [5.74, 6) is 4.10. The van der Waals surface area contributed by atoms with Crippen LogP contribution in [0.1, 0.15) is 36.8 Å². The van der Waals surface area contributed by atoms with Gasteiger partial charge in [0, 0.05) is 13.0 Å². The maximum atomic E-state index is 4.46. The Morgan fingerprint density at radius 1 is 1.24 bits per heavy atom. The smallest absolute Gasteiger partial charge is 0.146 e. The number of thioether (sulfide) groups is 1. The molecular formula is C15H29N5S. The van der Waals surface area contributed by atoms with Crippen molar-refractivity contribution >= 4 is 11.8 Å². The van der Waals surface area contributed by atoms with Crippen LogP contribution in [0.5, 0.6) is 0 Å². The molecule has 2 heterocycles. The topological polar surface area (TPSA) is 37.2 Å². The van der Waals surface area contributed by atoms with Gasteiger partial charge in [-0.25, -0.2) is 0 Å². The van der Waals surface area contributed by atoms with E-state index in [4.69, 9.17) is 0 Å². The van der Waals surface area contributed by atoms with E-state index in [0.29, 0.717) is 5.92 Å². The SMILES string of the molecule is CSCCCN1CCC(c2nnc(CN(C)C)n2C)CC1. The summed E-state index contributed by atoms with van der Waals surface area (Å²) in [6, 6.07) is 0. The Hall–Kier alpha value is -0.590. The van der Waals surface area contributed by atoms with Crippen molar-refractivity contribution in [1.82, 2.24) is 24.6 Å². The molecule has 0 aromatic carbocycles. The van der Waals surface area contributed by atoms with Crippen molar-refractivity contribution in [3.63, 3.8) is 0 Å². The van der Waals surface area contributed by atoms with Gasteiger partial charge in [0.05, 0.1) is 6.54 Å². The van der Waals surface area contributed by atoms with Gasteiger partial charge in [0.1, 0.15) is 11.6 Å². The second kappa shape index (κ2) is 8.15. The van der Waals surface area contributed by atoms with E-state index >= 15 is 0 Å². The highest BCUT2D eigenvalue weighted by atomic mass is 32.2. The Labute approximate surface area is 133 Å². The molecule has 5 nitrogen and oxygen atoms in total. The number of rotatable bonds is 7. The molecule has 0 aliphatic carbocycles. The molecule has 0 atom stereocenters. The summed E-state index contributed by atoms with van der Waals surface area (Å²) >= 11 is 1.94. The molecule has 120 valence electrons. The molecular weight excluding hydrogens is 282 g/mol. The fraction of sp³-hybridized carbons (Fsp3) is 0.867. The third kappa shape index (κ3) is 4.69. The summed E-state index contributed by atoms with van der Waals surface area (Å²) in [6.45, 7) is 4.51. The molecule has 1 aliphatic heterocycles. The second-order valence-electron chi connectivity index (χ2n) is 6.23. The van der Waals surface area contributed by atoms with E-state index in [1.807, 2.05) is 11.8 Å².